The van der Waals surface area contributed by atoms with Gasteiger partial charge in [-0.05, 0) is 43.2 Å². The van der Waals surface area contributed by atoms with Gasteiger partial charge in [-0.25, -0.2) is 0 Å². The molecule has 0 saturated carbocycles. The van der Waals surface area contributed by atoms with E-state index in [2.05, 4.69) is 45.9 Å². The standard InChI is InChI=1S/C15H22O2/c1-10(2)14(9-15(16)17)8-13-6-5-11(3)7-12(13)4/h5-7,10,14H,8-9H2,1-4H3,(H,16,17). The van der Waals surface area contributed by atoms with Crippen molar-refractivity contribution in [3.05, 3.63) is 34.9 Å². The third-order valence-corrected chi connectivity index (χ3v) is 3.36. The monoisotopic (exact) mass is 234 g/mol. The van der Waals surface area contributed by atoms with Gasteiger partial charge in [-0.1, -0.05) is 37.6 Å². The van der Waals surface area contributed by atoms with E-state index in [0.29, 0.717) is 5.92 Å². The van der Waals surface area contributed by atoms with Crippen molar-refractivity contribution in [3.63, 3.8) is 0 Å². The summed E-state index contributed by atoms with van der Waals surface area (Å²) in [5.41, 5.74) is 3.79. The summed E-state index contributed by atoms with van der Waals surface area (Å²) in [4.78, 5) is 10.8. The number of benzene rings is 1. The summed E-state index contributed by atoms with van der Waals surface area (Å²) in [7, 11) is 0. The Balaban J connectivity index is 2.82. The average molecular weight is 234 g/mol. The number of aliphatic carboxylic acids is 1. The summed E-state index contributed by atoms with van der Waals surface area (Å²) >= 11 is 0. The third kappa shape index (κ3) is 4.22. The number of hydrogen-bond acceptors (Lipinski definition) is 1. The zero-order valence-electron chi connectivity index (χ0n) is 11.2. The number of carbonyl (C=O) groups is 1. The fourth-order valence-electron chi connectivity index (χ4n) is 2.13. The van der Waals surface area contributed by atoms with E-state index in [-0.39, 0.29) is 12.3 Å². The molecule has 0 aliphatic rings. The Bertz CT molecular complexity index is 394. The summed E-state index contributed by atoms with van der Waals surface area (Å²) in [6, 6.07) is 6.38. The van der Waals surface area contributed by atoms with Crippen LogP contribution in [-0.2, 0) is 11.2 Å². The molecular formula is C15H22O2. The third-order valence-electron chi connectivity index (χ3n) is 3.36. The predicted octanol–water partition coefficient (Wildman–Crippen LogP) is 3.59. The van der Waals surface area contributed by atoms with Crippen LogP contribution in [0.1, 0.15) is 37.0 Å². The van der Waals surface area contributed by atoms with E-state index in [9.17, 15) is 4.79 Å². The van der Waals surface area contributed by atoms with Crippen molar-refractivity contribution in [2.24, 2.45) is 11.8 Å². The van der Waals surface area contributed by atoms with Gasteiger partial charge >= 0.3 is 5.97 Å². The number of carboxylic acids is 1. The lowest BCUT2D eigenvalue weighted by molar-refractivity contribution is -0.138. The van der Waals surface area contributed by atoms with Crippen LogP contribution in [0.2, 0.25) is 0 Å². The molecule has 0 aromatic heterocycles. The Labute approximate surface area is 104 Å². The molecule has 1 aromatic rings. The first-order valence-electron chi connectivity index (χ1n) is 6.18. The van der Waals surface area contributed by atoms with Crippen LogP contribution >= 0.6 is 0 Å². The minimum absolute atomic E-state index is 0.217. The molecule has 1 aromatic carbocycles. The Hall–Kier alpha value is -1.31. The largest absolute Gasteiger partial charge is 0.481 e. The van der Waals surface area contributed by atoms with Gasteiger partial charge in [-0.15, -0.1) is 0 Å². The molecule has 1 unspecified atom stereocenters. The summed E-state index contributed by atoms with van der Waals surface area (Å²) in [6.07, 6.45) is 1.11. The van der Waals surface area contributed by atoms with Crippen molar-refractivity contribution < 1.29 is 9.90 Å². The summed E-state index contributed by atoms with van der Waals surface area (Å²) in [5.74, 6) is -0.0887. The van der Waals surface area contributed by atoms with Gasteiger partial charge in [0.25, 0.3) is 0 Å². The van der Waals surface area contributed by atoms with Crippen molar-refractivity contribution in [2.45, 2.75) is 40.5 Å². The first-order valence-corrected chi connectivity index (χ1v) is 6.18. The summed E-state index contributed by atoms with van der Waals surface area (Å²) in [6.45, 7) is 8.36. The van der Waals surface area contributed by atoms with Crippen molar-refractivity contribution in [1.82, 2.24) is 0 Å². The van der Waals surface area contributed by atoms with Crippen LogP contribution in [0.3, 0.4) is 0 Å². The van der Waals surface area contributed by atoms with Crippen molar-refractivity contribution in [3.8, 4) is 0 Å². The minimum Gasteiger partial charge on any atom is -0.481 e. The molecule has 17 heavy (non-hydrogen) atoms. The molecule has 0 heterocycles. The second-order valence-electron chi connectivity index (χ2n) is 5.24. The highest BCUT2D eigenvalue weighted by Crippen LogP contribution is 2.23. The lowest BCUT2D eigenvalue weighted by atomic mass is 9.85. The normalized spacial score (nSPS) is 12.8. The van der Waals surface area contributed by atoms with Gasteiger partial charge in [0.15, 0.2) is 0 Å². The van der Waals surface area contributed by atoms with E-state index in [0.717, 1.165) is 6.42 Å². The van der Waals surface area contributed by atoms with E-state index in [1.165, 1.54) is 16.7 Å². The van der Waals surface area contributed by atoms with E-state index >= 15 is 0 Å². The molecule has 94 valence electrons. The molecule has 0 bridgehead atoms. The quantitative estimate of drug-likeness (QED) is 0.845. The number of rotatable bonds is 5. The zero-order valence-corrected chi connectivity index (χ0v) is 11.2. The zero-order chi connectivity index (χ0) is 13.0. The first-order chi connectivity index (χ1) is 7.90. The van der Waals surface area contributed by atoms with E-state index in [1.807, 2.05) is 0 Å². The highest BCUT2D eigenvalue weighted by molar-refractivity contribution is 5.67. The van der Waals surface area contributed by atoms with Gasteiger partial charge in [0.1, 0.15) is 0 Å². The Kier molecular flexibility index (Phi) is 4.73. The number of carboxylic acid groups (broad SMARTS) is 1. The lowest BCUT2D eigenvalue weighted by Gasteiger charge is -2.20. The second-order valence-corrected chi connectivity index (χ2v) is 5.24. The van der Waals surface area contributed by atoms with Gasteiger partial charge in [0.2, 0.25) is 0 Å². The lowest BCUT2D eigenvalue weighted by Crippen LogP contribution is -2.17. The van der Waals surface area contributed by atoms with Gasteiger partial charge in [-0.3, -0.25) is 4.79 Å². The van der Waals surface area contributed by atoms with Crippen molar-refractivity contribution in [1.29, 1.82) is 0 Å². The molecule has 2 heteroatoms. The topological polar surface area (TPSA) is 37.3 Å². The molecule has 0 aliphatic heterocycles. The summed E-state index contributed by atoms with van der Waals surface area (Å²) in [5, 5.41) is 8.92. The van der Waals surface area contributed by atoms with Crippen molar-refractivity contribution >= 4 is 5.97 Å². The second kappa shape index (κ2) is 5.85. The van der Waals surface area contributed by atoms with Gasteiger partial charge in [-0.2, -0.15) is 0 Å². The molecule has 0 saturated heterocycles. The highest BCUT2D eigenvalue weighted by atomic mass is 16.4. The van der Waals surface area contributed by atoms with E-state index < -0.39 is 5.97 Å². The van der Waals surface area contributed by atoms with Crippen LogP contribution in [-0.4, -0.2) is 11.1 Å². The van der Waals surface area contributed by atoms with Crippen LogP contribution in [0, 0.1) is 25.7 Å². The molecule has 0 spiro atoms. The maximum Gasteiger partial charge on any atom is 0.303 e. The van der Waals surface area contributed by atoms with Crippen LogP contribution < -0.4 is 0 Å². The van der Waals surface area contributed by atoms with Crippen molar-refractivity contribution in [2.75, 3.05) is 0 Å². The van der Waals surface area contributed by atoms with E-state index in [4.69, 9.17) is 5.11 Å². The smallest absolute Gasteiger partial charge is 0.303 e. The maximum absolute atomic E-state index is 10.8. The Morgan fingerprint density at radius 3 is 2.41 bits per heavy atom. The number of aryl methyl sites for hydroxylation is 2. The van der Waals surface area contributed by atoms with Crippen LogP contribution in [0.15, 0.2) is 18.2 Å². The van der Waals surface area contributed by atoms with Crippen LogP contribution in [0.5, 0.6) is 0 Å². The van der Waals surface area contributed by atoms with E-state index in [1.54, 1.807) is 0 Å². The fraction of sp³-hybridized carbons (Fsp3) is 0.533. The van der Waals surface area contributed by atoms with Gasteiger partial charge in [0.05, 0.1) is 0 Å². The molecule has 1 rings (SSSR count). The molecule has 0 amide bonds. The fourth-order valence-corrected chi connectivity index (χ4v) is 2.13. The molecule has 1 N–H and O–H groups in total. The van der Waals surface area contributed by atoms with Crippen LogP contribution in [0.25, 0.3) is 0 Å². The Morgan fingerprint density at radius 1 is 1.29 bits per heavy atom. The number of hydrogen-bond donors (Lipinski definition) is 1. The predicted molar refractivity (Wildman–Crippen MR) is 70.2 cm³/mol. The van der Waals surface area contributed by atoms with Gasteiger partial charge < -0.3 is 5.11 Å². The maximum atomic E-state index is 10.8. The minimum atomic E-state index is -0.700. The molecule has 0 radical (unpaired) electrons. The Morgan fingerprint density at radius 2 is 1.94 bits per heavy atom. The summed E-state index contributed by atoms with van der Waals surface area (Å²) < 4.78 is 0. The SMILES string of the molecule is Cc1ccc(CC(CC(=O)O)C(C)C)c(C)c1. The molecule has 1 atom stereocenters. The van der Waals surface area contributed by atoms with Gasteiger partial charge in [0, 0.05) is 6.42 Å². The molecule has 0 fully saturated rings. The molecule has 2 nitrogen and oxygen atoms in total. The first kappa shape index (κ1) is 13.8. The highest BCUT2D eigenvalue weighted by Gasteiger charge is 2.18. The molecule has 0 aliphatic carbocycles. The average Bonchev–Trinajstić information content (AvgIpc) is 2.19. The molecular weight excluding hydrogens is 212 g/mol. The van der Waals surface area contributed by atoms with Crippen LogP contribution in [0.4, 0.5) is 0 Å².